The first-order valence-corrected chi connectivity index (χ1v) is 9.64. The number of hydrogen-bond acceptors (Lipinski definition) is 6. The number of carbonyl (C=O) groups excluding carboxylic acids is 2. The second-order valence-corrected chi connectivity index (χ2v) is 7.78. The highest BCUT2D eigenvalue weighted by Gasteiger charge is 2.49. The zero-order valence-corrected chi connectivity index (χ0v) is 16.7. The van der Waals surface area contributed by atoms with Crippen molar-refractivity contribution in [2.24, 2.45) is 5.92 Å². The molecule has 148 valence electrons. The number of likely N-dealkylation sites (N-methyl/N-ethyl adjacent to an activating group) is 2. The Morgan fingerprint density at radius 3 is 2.67 bits per heavy atom. The Morgan fingerprint density at radius 2 is 2.04 bits per heavy atom. The summed E-state index contributed by atoms with van der Waals surface area (Å²) in [5.74, 6) is 0.821. The molecule has 0 bridgehead atoms. The molecule has 3 heterocycles. The number of carbonyl (C=O) groups is 2. The molecule has 3 rings (SSSR count). The van der Waals surface area contributed by atoms with Gasteiger partial charge in [0.2, 0.25) is 11.8 Å². The van der Waals surface area contributed by atoms with Gasteiger partial charge in [-0.15, -0.1) is 0 Å². The number of nitrogens with zero attached hydrogens (tertiary/aromatic N) is 6. The Bertz CT molecular complexity index is 667. The van der Waals surface area contributed by atoms with Gasteiger partial charge in [-0.3, -0.25) is 14.6 Å². The van der Waals surface area contributed by atoms with Gasteiger partial charge in [0, 0.05) is 45.1 Å². The van der Waals surface area contributed by atoms with Crippen LogP contribution in [0.2, 0.25) is 0 Å². The van der Waals surface area contributed by atoms with Gasteiger partial charge in [-0.1, -0.05) is 6.92 Å². The van der Waals surface area contributed by atoms with Crippen molar-refractivity contribution in [2.75, 3.05) is 52.2 Å². The van der Waals surface area contributed by atoms with Crippen molar-refractivity contribution in [3.63, 3.8) is 0 Å². The predicted molar refractivity (Wildman–Crippen MR) is 103 cm³/mol. The lowest BCUT2D eigenvalue weighted by Crippen LogP contribution is -2.56. The zero-order valence-electron chi connectivity index (χ0n) is 16.7. The Morgan fingerprint density at radius 1 is 1.26 bits per heavy atom. The van der Waals surface area contributed by atoms with E-state index in [9.17, 15) is 9.59 Å². The number of aromatic nitrogens is 2. The molecule has 8 heteroatoms. The van der Waals surface area contributed by atoms with Crippen LogP contribution in [0.4, 0.5) is 5.82 Å². The van der Waals surface area contributed by atoms with E-state index in [4.69, 9.17) is 0 Å². The molecule has 0 unspecified atom stereocenters. The first-order valence-electron chi connectivity index (χ1n) is 9.64. The smallest absolute Gasteiger partial charge is 0.242 e. The van der Waals surface area contributed by atoms with Crippen molar-refractivity contribution in [3.8, 4) is 0 Å². The highest BCUT2D eigenvalue weighted by Crippen LogP contribution is 2.36. The molecule has 1 aromatic heterocycles. The van der Waals surface area contributed by atoms with Gasteiger partial charge in [-0.2, -0.15) is 0 Å². The maximum Gasteiger partial charge on any atom is 0.242 e. The van der Waals surface area contributed by atoms with Crippen molar-refractivity contribution < 1.29 is 9.59 Å². The number of piperazine rings is 1. The Balaban J connectivity index is 1.73. The van der Waals surface area contributed by atoms with Crippen molar-refractivity contribution in [1.82, 2.24) is 24.7 Å². The molecule has 1 aromatic rings. The van der Waals surface area contributed by atoms with E-state index in [0.29, 0.717) is 26.1 Å². The van der Waals surface area contributed by atoms with E-state index < -0.39 is 0 Å². The maximum atomic E-state index is 13.1. The molecule has 2 fully saturated rings. The second kappa shape index (κ2) is 8.21. The molecule has 0 aliphatic carbocycles. The van der Waals surface area contributed by atoms with Crippen LogP contribution < -0.4 is 4.90 Å². The molecule has 0 saturated carbocycles. The zero-order chi connectivity index (χ0) is 19.6. The van der Waals surface area contributed by atoms with E-state index in [2.05, 4.69) is 21.8 Å². The summed E-state index contributed by atoms with van der Waals surface area (Å²) in [5, 5.41) is 0. The Labute approximate surface area is 161 Å². The lowest BCUT2D eigenvalue weighted by atomic mass is 9.95. The van der Waals surface area contributed by atoms with Gasteiger partial charge in [0.05, 0.1) is 24.7 Å². The molecule has 2 aliphatic heterocycles. The van der Waals surface area contributed by atoms with E-state index in [-0.39, 0.29) is 29.8 Å². The Hall–Kier alpha value is -2.22. The molecular weight excluding hydrogens is 344 g/mol. The third-order valence-corrected chi connectivity index (χ3v) is 5.65. The van der Waals surface area contributed by atoms with E-state index in [1.165, 1.54) is 0 Å². The molecule has 0 N–H and O–H groups in total. The van der Waals surface area contributed by atoms with E-state index in [1.54, 1.807) is 18.6 Å². The van der Waals surface area contributed by atoms with E-state index >= 15 is 0 Å². The highest BCUT2D eigenvalue weighted by molar-refractivity contribution is 5.86. The summed E-state index contributed by atoms with van der Waals surface area (Å²) in [6, 6.07) is 0.0372. The largest absolute Gasteiger partial charge is 0.344 e. The molecule has 2 saturated heterocycles. The fourth-order valence-corrected chi connectivity index (χ4v) is 4.26. The first-order chi connectivity index (χ1) is 12.9. The van der Waals surface area contributed by atoms with Gasteiger partial charge in [-0.25, -0.2) is 4.98 Å². The van der Waals surface area contributed by atoms with Gasteiger partial charge in [-0.05, 0) is 26.9 Å². The van der Waals surface area contributed by atoms with Crippen LogP contribution in [0, 0.1) is 5.92 Å². The molecule has 2 amide bonds. The van der Waals surface area contributed by atoms with Crippen LogP contribution in [-0.2, 0) is 9.59 Å². The summed E-state index contributed by atoms with van der Waals surface area (Å²) in [6.45, 7) is 4.59. The quantitative estimate of drug-likeness (QED) is 0.714. The Kier molecular flexibility index (Phi) is 5.94. The normalized spacial score (nSPS) is 25.1. The third kappa shape index (κ3) is 4.05. The van der Waals surface area contributed by atoms with Crippen LogP contribution in [0.3, 0.4) is 0 Å². The molecule has 0 radical (unpaired) electrons. The summed E-state index contributed by atoms with van der Waals surface area (Å²) < 4.78 is 0. The minimum Gasteiger partial charge on any atom is -0.344 e. The van der Waals surface area contributed by atoms with E-state index in [0.717, 1.165) is 18.8 Å². The molecule has 0 aromatic carbocycles. The van der Waals surface area contributed by atoms with Crippen LogP contribution >= 0.6 is 0 Å². The van der Waals surface area contributed by atoms with Gasteiger partial charge in [0.1, 0.15) is 5.82 Å². The molecule has 3 atom stereocenters. The molecule has 8 nitrogen and oxygen atoms in total. The first kappa shape index (κ1) is 19.5. The monoisotopic (exact) mass is 374 g/mol. The SMILES string of the molecule is CC[C@@H]1[C@H](C(=O)N(C)CCN(C)C)C[C@@H]2CN(c3cnccn3)CC(=O)N21. The summed E-state index contributed by atoms with van der Waals surface area (Å²) >= 11 is 0. The fraction of sp³-hybridized carbons (Fsp3) is 0.684. The number of amides is 2. The van der Waals surface area contributed by atoms with Crippen LogP contribution in [0.15, 0.2) is 18.6 Å². The van der Waals surface area contributed by atoms with Crippen LogP contribution in [0.5, 0.6) is 0 Å². The molecular formula is C19H30N6O2. The number of hydrogen-bond donors (Lipinski definition) is 0. The lowest BCUT2D eigenvalue weighted by Gasteiger charge is -2.40. The molecule has 0 spiro atoms. The molecule has 2 aliphatic rings. The summed E-state index contributed by atoms with van der Waals surface area (Å²) in [5.41, 5.74) is 0. The average Bonchev–Trinajstić information content (AvgIpc) is 3.05. The lowest BCUT2D eigenvalue weighted by molar-refractivity contribution is -0.137. The van der Waals surface area contributed by atoms with Crippen LogP contribution in [0.25, 0.3) is 0 Å². The van der Waals surface area contributed by atoms with Gasteiger partial charge < -0.3 is 19.6 Å². The van der Waals surface area contributed by atoms with Gasteiger partial charge in [0.25, 0.3) is 0 Å². The molecule has 27 heavy (non-hydrogen) atoms. The third-order valence-electron chi connectivity index (χ3n) is 5.65. The summed E-state index contributed by atoms with van der Waals surface area (Å²) in [6.07, 6.45) is 6.47. The van der Waals surface area contributed by atoms with Crippen molar-refractivity contribution >= 4 is 17.6 Å². The predicted octanol–water partition coefficient (Wildman–Crippen LogP) is 0.312. The van der Waals surface area contributed by atoms with Gasteiger partial charge >= 0.3 is 0 Å². The number of anilines is 1. The maximum absolute atomic E-state index is 13.1. The number of rotatable bonds is 6. The van der Waals surface area contributed by atoms with E-state index in [1.807, 2.05) is 35.8 Å². The van der Waals surface area contributed by atoms with Crippen molar-refractivity contribution in [1.29, 1.82) is 0 Å². The van der Waals surface area contributed by atoms with Crippen molar-refractivity contribution in [3.05, 3.63) is 18.6 Å². The topological polar surface area (TPSA) is 72.9 Å². The fourth-order valence-electron chi connectivity index (χ4n) is 4.26. The summed E-state index contributed by atoms with van der Waals surface area (Å²) in [7, 11) is 5.87. The number of fused-ring (bicyclic) bond motifs is 1. The van der Waals surface area contributed by atoms with Crippen LogP contribution in [-0.4, -0.2) is 95.9 Å². The average molecular weight is 374 g/mol. The summed E-state index contributed by atoms with van der Waals surface area (Å²) in [4.78, 5) is 42.2. The highest BCUT2D eigenvalue weighted by atomic mass is 16.2. The standard InChI is InChI=1S/C19H30N6O2/c1-5-16-15(19(27)23(4)9-8-22(2)3)10-14-12-24(13-18(26)25(14)16)17-11-20-6-7-21-17/h6-7,11,14-16H,5,8-10,12-13H2,1-4H3/t14-,15-,16-/m1/s1. The minimum absolute atomic E-state index is 0.0131. The van der Waals surface area contributed by atoms with Gasteiger partial charge in [0.15, 0.2) is 0 Å². The van der Waals surface area contributed by atoms with Crippen molar-refractivity contribution in [2.45, 2.75) is 31.8 Å². The second-order valence-electron chi connectivity index (χ2n) is 7.78. The van der Waals surface area contributed by atoms with Crippen LogP contribution in [0.1, 0.15) is 19.8 Å². The minimum atomic E-state index is -0.127.